The minimum atomic E-state index is -0.923. The molecule has 1 unspecified atom stereocenters. The van der Waals surface area contributed by atoms with E-state index in [1.165, 1.54) is 0 Å². The quantitative estimate of drug-likeness (QED) is 0.439. The van der Waals surface area contributed by atoms with Crippen molar-refractivity contribution in [3.05, 3.63) is 0 Å². The van der Waals surface area contributed by atoms with Crippen molar-refractivity contribution in [2.75, 3.05) is 0 Å². The SMILES string of the molecule is CC(Cl)(Cl)C1CC(=O)O1. The van der Waals surface area contributed by atoms with Crippen molar-refractivity contribution >= 4 is 29.2 Å². The molecule has 1 aliphatic rings. The van der Waals surface area contributed by atoms with Crippen LogP contribution in [-0.2, 0) is 9.53 Å². The molecule has 52 valence electrons. The fraction of sp³-hybridized carbons (Fsp3) is 0.800. The molecule has 0 aromatic heterocycles. The van der Waals surface area contributed by atoms with Crippen LogP contribution in [0.4, 0.5) is 0 Å². The molecule has 1 heterocycles. The van der Waals surface area contributed by atoms with Crippen LogP contribution in [-0.4, -0.2) is 16.4 Å². The second-order valence-corrected chi connectivity index (χ2v) is 3.90. The maximum Gasteiger partial charge on any atom is 0.310 e. The molecule has 0 radical (unpaired) electrons. The Kier molecular flexibility index (Phi) is 1.61. The molecule has 0 aromatic carbocycles. The third-order valence-electron chi connectivity index (χ3n) is 1.19. The molecule has 1 aliphatic heterocycles. The summed E-state index contributed by atoms with van der Waals surface area (Å²) in [6.45, 7) is 1.60. The lowest BCUT2D eigenvalue weighted by Crippen LogP contribution is -2.43. The molecular weight excluding hydrogens is 163 g/mol. The van der Waals surface area contributed by atoms with E-state index >= 15 is 0 Å². The molecule has 0 N–H and O–H groups in total. The van der Waals surface area contributed by atoms with Crippen molar-refractivity contribution in [1.82, 2.24) is 0 Å². The molecule has 2 nitrogen and oxygen atoms in total. The number of alkyl halides is 2. The minimum Gasteiger partial charge on any atom is -0.458 e. The predicted octanol–water partition coefficient (Wildman–Crippen LogP) is 1.50. The standard InChI is InChI=1S/C5H6Cl2O2/c1-5(6,7)3-2-4(8)9-3/h3H,2H2,1H3. The van der Waals surface area contributed by atoms with Gasteiger partial charge in [-0.2, -0.15) is 0 Å². The second kappa shape index (κ2) is 2.03. The molecule has 0 bridgehead atoms. The maximum absolute atomic E-state index is 10.2. The average Bonchev–Trinajstić information content (AvgIpc) is 1.55. The zero-order valence-corrected chi connectivity index (χ0v) is 6.37. The number of esters is 1. The summed E-state index contributed by atoms with van der Waals surface area (Å²) < 4.78 is 3.68. The van der Waals surface area contributed by atoms with Gasteiger partial charge in [0.15, 0.2) is 4.33 Å². The van der Waals surface area contributed by atoms with Crippen LogP contribution in [0.3, 0.4) is 0 Å². The van der Waals surface area contributed by atoms with Crippen LogP contribution in [0.15, 0.2) is 0 Å². The molecule has 0 aliphatic carbocycles. The largest absolute Gasteiger partial charge is 0.458 e. The van der Waals surface area contributed by atoms with E-state index in [0.717, 1.165) is 0 Å². The van der Waals surface area contributed by atoms with E-state index in [2.05, 4.69) is 4.74 Å². The number of ether oxygens (including phenoxy) is 1. The molecule has 1 rings (SSSR count). The van der Waals surface area contributed by atoms with Crippen LogP contribution in [0.1, 0.15) is 13.3 Å². The smallest absolute Gasteiger partial charge is 0.310 e. The highest BCUT2D eigenvalue weighted by Gasteiger charge is 2.41. The number of cyclic esters (lactones) is 1. The monoisotopic (exact) mass is 168 g/mol. The molecule has 9 heavy (non-hydrogen) atoms. The first kappa shape index (κ1) is 7.16. The fourth-order valence-corrected chi connectivity index (χ4v) is 0.827. The lowest BCUT2D eigenvalue weighted by atomic mass is 10.1. The number of carbonyl (C=O) groups excluding carboxylic acids is 1. The minimum absolute atomic E-state index is 0.229. The zero-order valence-electron chi connectivity index (χ0n) is 4.86. The molecule has 4 heteroatoms. The van der Waals surface area contributed by atoms with Crippen molar-refractivity contribution in [2.24, 2.45) is 0 Å². The van der Waals surface area contributed by atoms with E-state index in [0.29, 0.717) is 6.42 Å². The van der Waals surface area contributed by atoms with Crippen molar-refractivity contribution in [2.45, 2.75) is 23.8 Å². The Morgan fingerprint density at radius 3 is 2.33 bits per heavy atom. The van der Waals surface area contributed by atoms with Crippen LogP contribution in [0.25, 0.3) is 0 Å². The highest BCUT2D eigenvalue weighted by atomic mass is 35.5. The van der Waals surface area contributed by atoms with E-state index in [9.17, 15) is 4.79 Å². The lowest BCUT2D eigenvalue weighted by Gasteiger charge is -2.32. The van der Waals surface area contributed by atoms with Gasteiger partial charge in [-0.3, -0.25) is 4.79 Å². The first-order valence-electron chi connectivity index (χ1n) is 2.57. The molecule has 1 fully saturated rings. The molecule has 1 atom stereocenters. The van der Waals surface area contributed by atoms with E-state index in [-0.39, 0.29) is 12.1 Å². The summed E-state index contributed by atoms with van der Waals surface area (Å²) in [6.07, 6.45) is 0.0251. The van der Waals surface area contributed by atoms with E-state index in [1.54, 1.807) is 6.92 Å². The number of hydrogen-bond donors (Lipinski definition) is 0. The van der Waals surface area contributed by atoms with Crippen molar-refractivity contribution in [3.8, 4) is 0 Å². The summed E-state index contributed by atoms with van der Waals surface area (Å²) in [4.78, 5) is 10.2. The second-order valence-electron chi connectivity index (χ2n) is 2.14. The Morgan fingerprint density at radius 1 is 1.78 bits per heavy atom. The highest BCUT2D eigenvalue weighted by Crippen LogP contribution is 2.34. The summed E-state index contributed by atoms with van der Waals surface area (Å²) in [6, 6.07) is 0. The first-order valence-corrected chi connectivity index (χ1v) is 3.33. The Bertz CT molecular complexity index is 130. The molecule has 1 saturated heterocycles. The van der Waals surface area contributed by atoms with Gasteiger partial charge in [0.25, 0.3) is 0 Å². The van der Waals surface area contributed by atoms with Crippen LogP contribution < -0.4 is 0 Å². The molecule has 0 saturated carbocycles. The van der Waals surface area contributed by atoms with Gasteiger partial charge in [-0.15, -0.1) is 0 Å². The van der Waals surface area contributed by atoms with Crippen LogP contribution in [0.2, 0.25) is 0 Å². The van der Waals surface area contributed by atoms with Gasteiger partial charge in [0.2, 0.25) is 0 Å². The van der Waals surface area contributed by atoms with Gasteiger partial charge in [0.1, 0.15) is 6.10 Å². The van der Waals surface area contributed by atoms with Gasteiger partial charge < -0.3 is 4.74 Å². The Morgan fingerprint density at radius 2 is 2.22 bits per heavy atom. The lowest BCUT2D eigenvalue weighted by molar-refractivity contribution is -0.170. The summed E-state index contributed by atoms with van der Waals surface area (Å²) in [5.41, 5.74) is 0. The summed E-state index contributed by atoms with van der Waals surface area (Å²) >= 11 is 11.2. The Labute approximate surface area is 63.1 Å². The third kappa shape index (κ3) is 1.49. The molecule has 0 spiro atoms. The summed E-state index contributed by atoms with van der Waals surface area (Å²) in [5, 5.41) is 0. The van der Waals surface area contributed by atoms with Gasteiger partial charge in [0, 0.05) is 0 Å². The number of halogens is 2. The number of hydrogen-bond acceptors (Lipinski definition) is 2. The van der Waals surface area contributed by atoms with Crippen LogP contribution in [0, 0.1) is 0 Å². The van der Waals surface area contributed by atoms with E-state index in [1.807, 2.05) is 0 Å². The van der Waals surface area contributed by atoms with Gasteiger partial charge in [-0.05, 0) is 6.92 Å². The zero-order chi connectivity index (χ0) is 7.07. The topological polar surface area (TPSA) is 26.3 Å². The van der Waals surface area contributed by atoms with Crippen molar-refractivity contribution in [3.63, 3.8) is 0 Å². The van der Waals surface area contributed by atoms with Crippen molar-refractivity contribution in [1.29, 1.82) is 0 Å². The van der Waals surface area contributed by atoms with Gasteiger partial charge in [-0.1, -0.05) is 23.2 Å². The van der Waals surface area contributed by atoms with E-state index < -0.39 is 4.33 Å². The van der Waals surface area contributed by atoms with Crippen LogP contribution in [0.5, 0.6) is 0 Å². The van der Waals surface area contributed by atoms with Gasteiger partial charge in [-0.25, -0.2) is 0 Å². The maximum atomic E-state index is 10.2. The Balaban J connectivity index is 2.40. The first-order chi connectivity index (χ1) is 4.00. The molecular formula is C5H6Cl2O2. The van der Waals surface area contributed by atoms with Crippen molar-refractivity contribution < 1.29 is 9.53 Å². The van der Waals surface area contributed by atoms with Gasteiger partial charge >= 0.3 is 5.97 Å². The summed E-state index contributed by atoms with van der Waals surface area (Å²) in [7, 11) is 0. The number of rotatable bonds is 1. The third-order valence-corrected chi connectivity index (χ3v) is 1.68. The van der Waals surface area contributed by atoms with Crippen LogP contribution >= 0.6 is 23.2 Å². The summed E-state index contributed by atoms with van der Waals surface area (Å²) in [5.74, 6) is -0.229. The molecule has 0 amide bonds. The predicted molar refractivity (Wildman–Crippen MR) is 34.6 cm³/mol. The fourth-order valence-electron chi connectivity index (χ4n) is 0.583. The molecule has 0 aromatic rings. The highest BCUT2D eigenvalue weighted by molar-refractivity contribution is 6.48. The van der Waals surface area contributed by atoms with Gasteiger partial charge in [0.05, 0.1) is 6.42 Å². The number of carbonyl (C=O) groups is 1. The Hall–Kier alpha value is 0.0500. The van der Waals surface area contributed by atoms with E-state index in [4.69, 9.17) is 23.2 Å². The average molecular weight is 169 g/mol. The normalized spacial score (nSPS) is 27.0.